The van der Waals surface area contributed by atoms with Gasteiger partial charge in [-0.05, 0) is 30.5 Å². The molecule has 1 aromatic carbocycles. The number of nitrogens with zero attached hydrogens (tertiary/aromatic N) is 2. The summed E-state index contributed by atoms with van der Waals surface area (Å²) in [5, 5.41) is 7.93. The molecule has 0 saturated heterocycles. The molecule has 0 atom stereocenters. The number of aromatic amines is 1. The number of aliphatic imine (C=N–C) groups is 1. The van der Waals surface area contributed by atoms with Crippen molar-refractivity contribution in [2.75, 3.05) is 13.6 Å². The largest absolute Gasteiger partial charge is 0.443 e. The predicted molar refractivity (Wildman–Crippen MR) is 110 cm³/mol. The van der Waals surface area contributed by atoms with Gasteiger partial charge in [0.2, 0.25) is 5.89 Å². The van der Waals surface area contributed by atoms with Gasteiger partial charge in [0.15, 0.2) is 5.96 Å². The summed E-state index contributed by atoms with van der Waals surface area (Å²) in [6.07, 6.45) is 4.81. The monoisotopic (exact) mass is 367 g/mol. The standard InChI is InChI=1S/C21H29N5O/c1-14-7-6-8-16-19(14)15(11-24-16)9-10-23-20(22-5)26-13-18-25-12-17(27-18)21(2,3)4/h6-8,11-12,24H,9-10,13H2,1-5H3,(H2,22,23,26). The van der Waals surface area contributed by atoms with E-state index in [0.717, 1.165) is 24.7 Å². The van der Waals surface area contributed by atoms with Gasteiger partial charge in [0.05, 0.1) is 12.7 Å². The first-order valence-corrected chi connectivity index (χ1v) is 9.34. The van der Waals surface area contributed by atoms with E-state index in [2.05, 4.69) is 77.7 Å². The fourth-order valence-electron chi connectivity index (χ4n) is 3.08. The number of nitrogens with one attached hydrogen (secondary N) is 3. The van der Waals surface area contributed by atoms with Gasteiger partial charge in [-0.1, -0.05) is 32.9 Å². The van der Waals surface area contributed by atoms with E-state index in [1.807, 2.05) is 0 Å². The van der Waals surface area contributed by atoms with Crippen molar-refractivity contribution in [3.05, 3.63) is 53.4 Å². The number of benzene rings is 1. The second kappa shape index (κ2) is 7.86. The van der Waals surface area contributed by atoms with E-state index in [0.29, 0.717) is 12.4 Å². The molecular weight excluding hydrogens is 338 g/mol. The van der Waals surface area contributed by atoms with Gasteiger partial charge in [0.1, 0.15) is 5.76 Å². The number of rotatable bonds is 5. The Morgan fingerprint density at radius 2 is 2.07 bits per heavy atom. The average Bonchev–Trinajstić information content (AvgIpc) is 3.25. The molecule has 0 unspecified atom stereocenters. The van der Waals surface area contributed by atoms with Gasteiger partial charge in [0.25, 0.3) is 0 Å². The Morgan fingerprint density at radius 3 is 2.78 bits per heavy atom. The Bertz CT molecular complexity index is 930. The molecule has 3 N–H and O–H groups in total. The van der Waals surface area contributed by atoms with E-state index >= 15 is 0 Å². The first-order valence-electron chi connectivity index (χ1n) is 9.34. The number of aromatic nitrogens is 2. The molecule has 0 amide bonds. The minimum atomic E-state index is -0.0390. The highest BCUT2D eigenvalue weighted by molar-refractivity contribution is 5.86. The molecule has 0 radical (unpaired) electrons. The van der Waals surface area contributed by atoms with Crippen LogP contribution in [0.1, 0.15) is 43.5 Å². The Hall–Kier alpha value is -2.76. The summed E-state index contributed by atoms with van der Waals surface area (Å²) < 4.78 is 5.81. The molecule has 3 aromatic rings. The molecule has 3 rings (SSSR count). The maximum absolute atomic E-state index is 5.81. The lowest BCUT2D eigenvalue weighted by atomic mass is 9.94. The number of hydrogen-bond acceptors (Lipinski definition) is 3. The number of hydrogen-bond donors (Lipinski definition) is 3. The third kappa shape index (κ3) is 4.51. The minimum absolute atomic E-state index is 0.0390. The molecule has 0 bridgehead atoms. The summed E-state index contributed by atoms with van der Waals surface area (Å²) in [5.41, 5.74) is 3.76. The van der Waals surface area contributed by atoms with Crippen molar-refractivity contribution in [2.45, 2.75) is 46.1 Å². The van der Waals surface area contributed by atoms with Gasteiger partial charge < -0.3 is 20.0 Å². The maximum atomic E-state index is 5.81. The lowest BCUT2D eigenvalue weighted by Crippen LogP contribution is -2.37. The lowest BCUT2D eigenvalue weighted by molar-refractivity contribution is 0.379. The smallest absolute Gasteiger partial charge is 0.213 e. The summed E-state index contributed by atoms with van der Waals surface area (Å²) in [7, 11) is 1.77. The minimum Gasteiger partial charge on any atom is -0.443 e. The van der Waals surface area contributed by atoms with Crippen molar-refractivity contribution >= 4 is 16.9 Å². The molecule has 0 aliphatic rings. The molecule has 2 heterocycles. The molecule has 0 aliphatic carbocycles. The van der Waals surface area contributed by atoms with E-state index in [-0.39, 0.29) is 5.41 Å². The van der Waals surface area contributed by atoms with Crippen LogP contribution in [0.4, 0.5) is 0 Å². The Balaban J connectivity index is 1.53. The molecule has 144 valence electrons. The Morgan fingerprint density at radius 1 is 1.26 bits per heavy atom. The van der Waals surface area contributed by atoms with Gasteiger partial charge in [-0.2, -0.15) is 0 Å². The number of H-pyrrole nitrogens is 1. The first-order chi connectivity index (χ1) is 12.9. The number of aryl methyl sites for hydroxylation is 1. The molecule has 0 spiro atoms. The van der Waals surface area contributed by atoms with Crippen LogP contribution in [0.5, 0.6) is 0 Å². The highest BCUT2D eigenvalue weighted by Gasteiger charge is 2.19. The summed E-state index contributed by atoms with van der Waals surface area (Å²) in [6, 6.07) is 6.34. The highest BCUT2D eigenvalue weighted by atomic mass is 16.4. The fourth-order valence-corrected chi connectivity index (χ4v) is 3.08. The molecule has 6 nitrogen and oxygen atoms in total. The lowest BCUT2D eigenvalue weighted by Gasteiger charge is -2.13. The molecular formula is C21H29N5O. The third-order valence-electron chi connectivity index (χ3n) is 4.61. The van der Waals surface area contributed by atoms with E-state index < -0.39 is 0 Å². The van der Waals surface area contributed by atoms with Gasteiger partial charge in [-0.25, -0.2) is 4.98 Å². The van der Waals surface area contributed by atoms with Crippen molar-refractivity contribution < 1.29 is 4.42 Å². The van der Waals surface area contributed by atoms with Crippen molar-refractivity contribution in [1.29, 1.82) is 0 Å². The van der Waals surface area contributed by atoms with Crippen LogP contribution in [-0.2, 0) is 18.4 Å². The van der Waals surface area contributed by atoms with E-state index in [1.54, 1.807) is 13.2 Å². The molecule has 27 heavy (non-hydrogen) atoms. The zero-order valence-electron chi connectivity index (χ0n) is 16.8. The molecule has 2 aromatic heterocycles. The highest BCUT2D eigenvalue weighted by Crippen LogP contribution is 2.23. The quantitative estimate of drug-likeness (QED) is 0.475. The van der Waals surface area contributed by atoms with Crippen molar-refractivity contribution in [3.8, 4) is 0 Å². The van der Waals surface area contributed by atoms with Crippen LogP contribution in [0.15, 0.2) is 40.0 Å². The molecule has 0 aliphatic heterocycles. The predicted octanol–water partition coefficient (Wildman–Crippen LogP) is 3.67. The number of guanidine groups is 1. The third-order valence-corrected chi connectivity index (χ3v) is 4.61. The van der Waals surface area contributed by atoms with Crippen LogP contribution in [0, 0.1) is 6.92 Å². The number of fused-ring (bicyclic) bond motifs is 1. The fraction of sp³-hybridized carbons (Fsp3) is 0.429. The summed E-state index contributed by atoms with van der Waals surface area (Å²) in [5.74, 6) is 2.29. The zero-order chi connectivity index (χ0) is 19.4. The normalized spacial score (nSPS) is 12.6. The molecule has 0 saturated carbocycles. The van der Waals surface area contributed by atoms with Crippen molar-refractivity contribution in [1.82, 2.24) is 20.6 Å². The Kier molecular flexibility index (Phi) is 5.54. The van der Waals surface area contributed by atoms with E-state index in [4.69, 9.17) is 4.42 Å². The van der Waals surface area contributed by atoms with E-state index in [1.165, 1.54) is 22.0 Å². The van der Waals surface area contributed by atoms with Crippen LogP contribution in [0.3, 0.4) is 0 Å². The van der Waals surface area contributed by atoms with Crippen LogP contribution in [0.2, 0.25) is 0 Å². The summed E-state index contributed by atoms with van der Waals surface area (Å²) in [6.45, 7) is 9.77. The van der Waals surface area contributed by atoms with Gasteiger partial charge >= 0.3 is 0 Å². The number of oxazole rings is 1. The maximum Gasteiger partial charge on any atom is 0.213 e. The summed E-state index contributed by atoms with van der Waals surface area (Å²) >= 11 is 0. The second-order valence-electron chi connectivity index (χ2n) is 7.78. The van der Waals surface area contributed by atoms with Crippen molar-refractivity contribution in [3.63, 3.8) is 0 Å². The van der Waals surface area contributed by atoms with Gasteiger partial charge in [-0.3, -0.25) is 4.99 Å². The van der Waals surface area contributed by atoms with Gasteiger partial charge in [-0.15, -0.1) is 0 Å². The topological polar surface area (TPSA) is 78.2 Å². The average molecular weight is 367 g/mol. The van der Waals surface area contributed by atoms with Crippen molar-refractivity contribution in [2.24, 2.45) is 4.99 Å². The summed E-state index contributed by atoms with van der Waals surface area (Å²) in [4.78, 5) is 12.0. The van der Waals surface area contributed by atoms with Crippen LogP contribution in [-0.4, -0.2) is 29.5 Å². The zero-order valence-corrected chi connectivity index (χ0v) is 16.8. The SMILES string of the molecule is CN=C(NCCc1c[nH]c2cccc(C)c12)NCc1ncc(C(C)(C)C)o1. The molecule has 0 fully saturated rings. The Labute approximate surface area is 160 Å². The van der Waals surface area contributed by atoms with Gasteiger partial charge in [0, 0.05) is 36.1 Å². The van der Waals surface area contributed by atoms with E-state index in [9.17, 15) is 0 Å². The first kappa shape index (κ1) is 19.0. The molecule has 6 heteroatoms. The second-order valence-corrected chi connectivity index (χ2v) is 7.78. The van der Waals surface area contributed by atoms with Crippen LogP contribution >= 0.6 is 0 Å². The van der Waals surface area contributed by atoms with Crippen LogP contribution < -0.4 is 10.6 Å². The van der Waals surface area contributed by atoms with Crippen LogP contribution in [0.25, 0.3) is 10.9 Å².